The molecule has 3 heteroatoms. The summed E-state index contributed by atoms with van der Waals surface area (Å²) in [5.41, 5.74) is 2.31. The van der Waals surface area contributed by atoms with Gasteiger partial charge >= 0.3 is 0 Å². The van der Waals surface area contributed by atoms with Crippen LogP contribution in [0.3, 0.4) is 0 Å². The molecule has 18 heavy (non-hydrogen) atoms. The first-order valence-electron chi connectivity index (χ1n) is 6.19. The molecule has 0 aliphatic rings. The minimum Gasteiger partial charge on any atom is -0.494 e. The summed E-state index contributed by atoms with van der Waals surface area (Å²) in [4.78, 5) is 4.02. The van der Waals surface area contributed by atoms with Gasteiger partial charge in [-0.25, -0.2) is 0 Å². The van der Waals surface area contributed by atoms with Crippen LogP contribution in [0.25, 0.3) is 0 Å². The number of benzene rings is 1. The van der Waals surface area contributed by atoms with Gasteiger partial charge in [0.05, 0.1) is 6.61 Å². The highest BCUT2D eigenvalue weighted by molar-refractivity contribution is 5.48. The molecule has 0 saturated heterocycles. The molecular weight excluding hydrogens is 224 g/mol. The molecule has 94 valence electrons. The standard InChI is InChI=1S/C15H18N2O/c1-3-18-15-6-4-14(5-7-15)17-12(2)13-8-10-16-11-9-13/h4-12,17H,3H2,1-2H3. The average Bonchev–Trinajstić information content (AvgIpc) is 2.42. The lowest BCUT2D eigenvalue weighted by atomic mass is 10.1. The van der Waals surface area contributed by atoms with Crippen molar-refractivity contribution < 1.29 is 4.74 Å². The van der Waals surface area contributed by atoms with Gasteiger partial charge in [0.1, 0.15) is 5.75 Å². The molecule has 0 spiro atoms. The van der Waals surface area contributed by atoms with Crippen LogP contribution >= 0.6 is 0 Å². The van der Waals surface area contributed by atoms with E-state index in [9.17, 15) is 0 Å². The molecular formula is C15H18N2O. The van der Waals surface area contributed by atoms with Gasteiger partial charge < -0.3 is 10.1 Å². The third-order valence-corrected chi connectivity index (χ3v) is 2.75. The number of pyridine rings is 1. The number of rotatable bonds is 5. The van der Waals surface area contributed by atoms with Crippen LogP contribution in [-0.4, -0.2) is 11.6 Å². The maximum atomic E-state index is 5.41. The van der Waals surface area contributed by atoms with Crippen molar-refractivity contribution in [2.75, 3.05) is 11.9 Å². The summed E-state index contributed by atoms with van der Waals surface area (Å²) >= 11 is 0. The topological polar surface area (TPSA) is 34.1 Å². The minimum absolute atomic E-state index is 0.256. The molecule has 0 aliphatic heterocycles. The fourth-order valence-corrected chi connectivity index (χ4v) is 1.80. The van der Waals surface area contributed by atoms with Gasteiger partial charge in [0.15, 0.2) is 0 Å². The van der Waals surface area contributed by atoms with Crippen molar-refractivity contribution >= 4 is 5.69 Å². The fraction of sp³-hybridized carbons (Fsp3) is 0.267. The summed E-state index contributed by atoms with van der Waals surface area (Å²) in [5, 5.41) is 3.44. The summed E-state index contributed by atoms with van der Waals surface area (Å²) in [7, 11) is 0. The Bertz CT molecular complexity index is 468. The Morgan fingerprint density at radius 1 is 1.11 bits per heavy atom. The number of anilines is 1. The van der Waals surface area contributed by atoms with Crippen LogP contribution in [0.1, 0.15) is 25.5 Å². The zero-order valence-electron chi connectivity index (χ0n) is 10.8. The zero-order valence-corrected chi connectivity index (χ0v) is 10.8. The molecule has 1 atom stereocenters. The van der Waals surface area contributed by atoms with E-state index in [1.807, 2.05) is 55.7 Å². The second-order valence-electron chi connectivity index (χ2n) is 4.10. The number of nitrogens with one attached hydrogen (secondary N) is 1. The van der Waals surface area contributed by atoms with E-state index in [1.165, 1.54) is 5.56 Å². The van der Waals surface area contributed by atoms with Crippen molar-refractivity contribution in [2.45, 2.75) is 19.9 Å². The Morgan fingerprint density at radius 2 is 1.78 bits per heavy atom. The van der Waals surface area contributed by atoms with Crippen molar-refractivity contribution in [3.05, 3.63) is 54.4 Å². The van der Waals surface area contributed by atoms with E-state index in [0.717, 1.165) is 11.4 Å². The summed E-state index contributed by atoms with van der Waals surface area (Å²) < 4.78 is 5.41. The third-order valence-electron chi connectivity index (χ3n) is 2.75. The van der Waals surface area contributed by atoms with Crippen LogP contribution in [0.2, 0.25) is 0 Å². The molecule has 1 aromatic heterocycles. The fourth-order valence-electron chi connectivity index (χ4n) is 1.80. The normalized spacial score (nSPS) is 11.9. The van der Waals surface area contributed by atoms with Crippen molar-refractivity contribution in [1.29, 1.82) is 0 Å². The SMILES string of the molecule is CCOc1ccc(NC(C)c2ccncc2)cc1. The highest BCUT2D eigenvalue weighted by atomic mass is 16.5. The molecule has 1 unspecified atom stereocenters. The molecule has 1 heterocycles. The Morgan fingerprint density at radius 3 is 2.39 bits per heavy atom. The smallest absolute Gasteiger partial charge is 0.119 e. The molecule has 0 fully saturated rings. The average molecular weight is 242 g/mol. The number of aromatic nitrogens is 1. The van der Waals surface area contributed by atoms with E-state index in [4.69, 9.17) is 4.74 Å². The van der Waals surface area contributed by atoms with Crippen molar-refractivity contribution in [1.82, 2.24) is 4.98 Å². The van der Waals surface area contributed by atoms with E-state index in [2.05, 4.69) is 17.2 Å². The second-order valence-corrected chi connectivity index (χ2v) is 4.10. The van der Waals surface area contributed by atoms with E-state index in [-0.39, 0.29) is 6.04 Å². The Hall–Kier alpha value is -2.03. The van der Waals surface area contributed by atoms with Gasteiger partial charge in [0, 0.05) is 24.1 Å². The van der Waals surface area contributed by atoms with Gasteiger partial charge in [0.2, 0.25) is 0 Å². The van der Waals surface area contributed by atoms with Crippen LogP contribution in [0.4, 0.5) is 5.69 Å². The van der Waals surface area contributed by atoms with Gasteiger partial charge in [-0.2, -0.15) is 0 Å². The van der Waals surface area contributed by atoms with Crippen LogP contribution in [0, 0.1) is 0 Å². The molecule has 2 aromatic rings. The molecule has 0 radical (unpaired) electrons. The Kier molecular flexibility index (Phi) is 4.18. The lowest BCUT2D eigenvalue weighted by molar-refractivity contribution is 0.340. The molecule has 0 saturated carbocycles. The maximum absolute atomic E-state index is 5.41. The van der Waals surface area contributed by atoms with Crippen LogP contribution in [-0.2, 0) is 0 Å². The number of nitrogens with zero attached hydrogens (tertiary/aromatic N) is 1. The predicted molar refractivity (Wildman–Crippen MR) is 73.9 cm³/mol. The van der Waals surface area contributed by atoms with Gasteiger partial charge in [-0.05, 0) is 55.8 Å². The van der Waals surface area contributed by atoms with Gasteiger partial charge in [-0.15, -0.1) is 0 Å². The zero-order chi connectivity index (χ0) is 12.8. The van der Waals surface area contributed by atoms with Crippen molar-refractivity contribution in [3.63, 3.8) is 0 Å². The number of ether oxygens (including phenoxy) is 1. The van der Waals surface area contributed by atoms with E-state index < -0.39 is 0 Å². The summed E-state index contributed by atoms with van der Waals surface area (Å²) in [6, 6.07) is 12.3. The lowest BCUT2D eigenvalue weighted by Crippen LogP contribution is -2.06. The first-order valence-corrected chi connectivity index (χ1v) is 6.19. The van der Waals surface area contributed by atoms with E-state index in [0.29, 0.717) is 6.61 Å². The van der Waals surface area contributed by atoms with Gasteiger partial charge in [-0.3, -0.25) is 4.98 Å². The Balaban J connectivity index is 2.01. The lowest BCUT2D eigenvalue weighted by Gasteiger charge is -2.15. The molecule has 2 rings (SSSR count). The molecule has 0 amide bonds. The van der Waals surface area contributed by atoms with Crippen LogP contribution < -0.4 is 10.1 Å². The Labute approximate surface area is 108 Å². The molecule has 1 aromatic carbocycles. The highest BCUT2D eigenvalue weighted by Crippen LogP contribution is 2.21. The van der Waals surface area contributed by atoms with Crippen LogP contribution in [0.5, 0.6) is 5.75 Å². The van der Waals surface area contributed by atoms with Gasteiger partial charge in [-0.1, -0.05) is 0 Å². The molecule has 3 nitrogen and oxygen atoms in total. The highest BCUT2D eigenvalue weighted by Gasteiger charge is 2.04. The summed E-state index contributed by atoms with van der Waals surface area (Å²) in [6.07, 6.45) is 3.62. The first kappa shape index (κ1) is 12.4. The summed E-state index contributed by atoms with van der Waals surface area (Å²) in [6.45, 7) is 4.81. The largest absolute Gasteiger partial charge is 0.494 e. The van der Waals surface area contributed by atoms with E-state index >= 15 is 0 Å². The molecule has 1 N–H and O–H groups in total. The quantitative estimate of drug-likeness (QED) is 0.869. The van der Waals surface area contributed by atoms with Crippen LogP contribution in [0.15, 0.2) is 48.8 Å². The number of hydrogen-bond donors (Lipinski definition) is 1. The minimum atomic E-state index is 0.256. The maximum Gasteiger partial charge on any atom is 0.119 e. The van der Waals surface area contributed by atoms with Crippen molar-refractivity contribution in [3.8, 4) is 5.75 Å². The predicted octanol–water partition coefficient (Wildman–Crippen LogP) is 3.65. The first-order chi connectivity index (χ1) is 8.79. The number of hydrogen-bond acceptors (Lipinski definition) is 3. The summed E-state index contributed by atoms with van der Waals surface area (Å²) in [5.74, 6) is 0.902. The molecule has 0 aliphatic carbocycles. The van der Waals surface area contributed by atoms with E-state index in [1.54, 1.807) is 0 Å². The third kappa shape index (κ3) is 3.23. The van der Waals surface area contributed by atoms with Crippen molar-refractivity contribution in [2.24, 2.45) is 0 Å². The van der Waals surface area contributed by atoms with Gasteiger partial charge in [0.25, 0.3) is 0 Å². The monoisotopic (exact) mass is 242 g/mol. The molecule has 0 bridgehead atoms. The second kappa shape index (κ2) is 6.05.